The molecule has 1 heterocycles. The fourth-order valence-electron chi connectivity index (χ4n) is 2.34. The minimum Gasteiger partial charge on any atom is -0.493 e. The Kier molecular flexibility index (Phi) is 6.23. The second kappa shape index (κ2) is 9.01. The van der Waals surface area contributed by atoms with E-state index in [1.54, 1.807) is 32.4 Å². The summed E-state index contributed by atoms with van der Waals surface area (Å²) in [6.45, 7) is 2.07. The number of hydrogen-bond acceptors (Lipinski definition) is 7. The van der Waals surface area contributed by atoms with Crippen LogP contribution >= 0.6 is 11.6 Å². The molecular formula is C19H18ClN5O3. The summed E-state index contributed by atoms with van der Waals surface area (Å²) in [4.78, 5) is 15.0. The lowest BCUT2D eigenvalue weighted by molar-refractivity contribution is 0.284. The highest BCUT2D eigenvalue weighted by Crippen LogP contribution is 2.28. The number of hydrogen-bond donors (Lipinski definition) is 2. The van der Waals surface area contributed by atoms with Gasteiger partial charge in [0.15, 0.2) is 17.3 Å². The van der Waals surface area contributed by atoms with Crippen LogP contribution in [-0.4, -0.2) is 28.5 Å². The summed E-state index contributed by atoms with van der Waals surface area (Å²) in [6, 6.07) is 12.9. The molecule has 0 radical (unpaired) electrons. The standard InChI is InChI=1S/C19H18ClN5O3/c1-12-18(22-19(26)25-23-12)24-21-10-13-6-7-16(17(9-13)27-2)28-11-14-4-3-5-15(20)8-14/h3-10H,11H2,1-2H3,(H2,22,24,25,26). The number of aryl methyl sites for hydroxylation is 1. The summed E-state index contributed by atoms with van der Waals surface area (Å²) in [5.41, 5.74) is 4.40. The Labute approximate surface area is 166 Å². The van der Waals surface area contributed by atoms with Crippen LogP contribution in [0, 0.1) is 6.92 Å². The molecule has 0 atom stereocenters. The van der Waals surface area contributed by atoms with Gasteiger partial charge >= 0.3 is 5.69 Å². The molecule has 0 bridgehead atoms. The number of aromatic nitrogens is 3. The zero-order valence-corrected chi connectivity index (χ0v) is 16.0. The number of nitrogens with zero attached hydrogens (tertiary/aromatic N) is 3. The molecule has 0 aliphatic carbocycles. The maximum atomic E-state index is 11.2. The number of benzene rings is 2. The molecule has 0 fully saturated rings. The molecular weight excluding hydrogens is 382 g/mol. The van der Waals surface area contributed by atoms with Crippen LogP contribution in [0.25, 0.3) is 0 Å². The molecule has 144 valence electrons. The van der Waals surface area contributed by atoms with E-state index in [0.717, 1.165) is 11.1 Å². The van der Waals surface area contributed by atoms with E-state index in [1.807, 2.05) is 30.3 Å². The Balaban J connectivity index is 1.68. The van der Waals surface area contributed by atoms with Crippen LogP contribution in [0.2, 0.25) is 5.02 Å². The highest BCUT2D eigenvalue weighted by atomic mass is 35.5. The van der Waals surface area contributed by atoms with E-state index >= 15 is 0 Å². The van der Waals surface area contributed by atoms with Crippen molar-refractivity contribution < 1.29 is 9.47 Å². The number of rotatable bonds is 7. The number of methoxy groups -OCH3 is 1. The molecule has 3 aromatic rings. The minimum atomic E-state index is -0.550. The first kappa shape index (κ1) is 19.4. The monoisotopic (exact) mass is 399 g/mol. The molecule has 0 spiro atoms. The summed E-state index contributed by atoms with van der Waals surface area (Å²) < 4.78 is 11.2. The molecule has 0 saturated heterocycles. The van der Waals surface area contributed by atoms with Crippen LogP contribution in [-0.2, 0) is 6.61 Å². The summed E-state index contributed by atoms with van der Waals surface area (Å²) in [7, 11) is 1.57. The van der Waals surface area contributed by atoms with Gasteiger partial charge in [0, 0.05) is 5.02 Å². The molecule has 0 unspecified atom stereocenters. The molecule has 0 amide bonds. The summed E-state index contributed by atoms with van der Waals surface area (Å²) in [6.07, 6.45) is 1.57. The van der Waals surface area contributed by atoms with Crippen molar-refractivity contribution in [1.29, 1.82) is 0 Å². The smallest absolute Gasteiger partial charge is 0.363 e. The normalized spacial score (nSPS) is 10.8. The van der Waals surface area contributed by atoms with Gasteiger partial charge < -0.3 is 9.47 Å². The van der Waals surface area contributed by atoms with Crippen molar-refractivity contribution in [3.05, 3.63) is 74.8 Å². The average Bonchev–Trinajstić information content (AvgIpc) is 2.69. The fourth-order valence-corrected chi connectivity index (χ4v) is 2.55. The lowest BCUT2D eigenvalue weighted by Crippen LogP contribution is -2.15. The molecule has 2 N–H and O–H groups in total. The van der Waals surface area contributed by atoms with Crippen LogP contribution < -0.4 is 20.6 Å². The van der Waals surface area contributed by atoms with Gasteiger partial charge in [-0.25, -0.2) is 9.89 Å². The highest BCUT2D eigenvalue weighted by Gasteiger charge is 2.06. The third-order valence-corrected chi connectivity index (χ3v) is 3.97. The molecule has 2 aromatic carbocycles. The Morgan fingerprint density at radius 2 is 2.11 bits per heavy atom. The van der Waals surface area contributed by atoms with Gasteiger partial charge in [0.1, 0.15) is 12.3 Å². The number of hydrazone groups is 1. The Morgan fingerprint density at radius 3 is 2.89 bits per heavy atom. The number of nitrogens with one attached hydrogen (secondary N) is 2. The van der Waals surface area contributed by atoms with E-state index in [2.05, 4.69) is 25.7 Å². The molecule has 0 aliphatic rings. The number of halogens is 1. The predicted octanol–water partition coefficient (Wildman–Crippen LogP) is 3.16. The number of aromatic amines is 1. The van der Waals surface area contributed by atoms with Crippen molar-refractivity contribution >= 4 is 23.6 Å². The second-order valence-electron chi connectivity index (χ2n) is 5.77. The van der Waals surface area contributed by atoms with Crippen LogP contribution in [0.1, 0.15) is 16.8 Å². The van der Waals surface area contributed by atoms with Gasteiger partial charge in [0.05, 0.1) is 13.3 Å². The van der Waals surface area contributed by atoms with Crippen LogP contribution in [0.3, 0.4) is 0 Å². The summed E-state index contributed by atoms with van der Waals surface area (Å²) >= 11 is 5.99. The van der Waals surface area contributed by atoms with Crippen LogP contribution in [0.15, 0.2) is 52.4 Å². The van der Waals surface area contributed by atoms with Crippen molar-refractivity contribution in [3.8, 4) is 11.5 Å². The fraction of sp³-hybridized carbons (Fsp3) is 0.158. The molecule has 1 aromatic heterocycles. The van der Waals surface area contributed by atoms with E-state index in [9.17, 15) is 4.79 Å². The Morgan fingerprint density at radius 1 is 1.25 bits per heavy atom. The van der Waals surface area contributed by atoms with Gasteiger partial charge in [-0.2, -0.15) is 15.2 Å². The topological polar surface area (TPSA) is 101 Å². The van der Waals surface area contributed by atoms with Crippen LogP contribution in [0.5, 0.6) is 11.5 Å². The first-order valence-corrected chi connectivity index (χ1v) is 8.70. The summed E-state index contributed by atoms with van der Waals surface area (Å²) in [5.74, 6) is 1.45. The van der Waals surface area contributed by atoms with Crippen molar-refractivity contribution in [2.75, 3.05) is 12.5 Å². The van der Waals surface area contributed by atoms with Gasteiger partial charge in [-0.05, 0) is 48.4 Å². The van der Waals surface area contributed by atoms with Crippen molar-refractivity contribution in [2.45, 2.75) is 13.5 Å². The number of H-pyrrole nitrogens is 1. The van der Waals surface area contributed by atoms with E-state index in [1.165, 1.54) is 0 Å². The quantitative estimate of drug-likeness (QED) is 0.467. The molecule has 0 saturated carbocycles. The largest absolute Gasteiger partial charge is 0.493 e. The predicted molar refractivity (Wildman–Crippen MR) is 107 cm³/mol. The van der Waals surface area contributed by atoms with Gasteiger partial charge in [0.2, 0.25) is 0 Å². The average molecular weight is 400 g/mol. The van der Waals surface area contributed by atoms with E-state index < -0.39 is 5.69 Å². The van der Waals surface area contributed by atoms with Crippen LogP contribution in [0.4, 0.5) is 5.82 Å². The molecule has 28 heavy (non-hydrogen) atoms. The Bertz CT molecular complexity index is 1050. The number of anilines is 1. The van der Waals surface area contributed by atoms with Gasteiger partial charge in [-0.1, -0.05) is 23.7 Å². The molecule has 0 aliphatic heterocycles. The third kappa shape index (κ3) is 5.08. The van der Waals surface area contributed by atoms with E-state index in [4.69, 9.17) is 21.1 Å². The minimum absolute atomic E-state index is 0.286. The third-order valence-electron chi connectivity index (χ3n) is 3.73. The maximum Gasteiger partial charge on any atom is 0.363 e. The second-order valence-corrected chi connectivity index (χ2v) is 6.21. The van der Waals surface area contributed by atoms with Gasteiger partial charge in [0.25, 0.3) is 0 Å². The van der Waals surface area contributed by atoms with Crippen molar-refractivity contribution in [3.63, 3.8) is 0 Å². The molecule has 8 nitrogen and oxygen atoms in total. The molecule has 9 heteroatoms. The van der Waals surface area contributed by atoms with Crippen molar-refractivity contribution in [1.82, 2.24) is 15.2 Å². The Hall–Kier alpha value is -3.39. The van der Waals surface area contributed by atoms with Gasteiger partial charge in [-0.15, -0.1) is 0 Å². The first-order valence-electron chi connectivity index (χ1n) is 8.33. The molecule has 3 rings (SSSR count). The van der Waals surface area contributed by atoms with Gasteiger partial charge in [-0.3, -0.25) is 5.43 Å². The lowest BCUT2D eigenvalue weighted by atomic mass is 10.2. The zero-order chi connectivity index (χ0) is 19.9. The zero-order valence-electron chi connectivity index (χ0n) is 15.3. The maximum absolute atomic E-state index is 11.2. The first-order chi connectivity index (χ1) is 13.5. The lowest BCUT2D eigenvalue weighted by Gasteiger charge is -2.11. The summed E-state index contributed by atoms with van der Waals surface area (Å²) in [5, 5.41) is 10.8. The highest BCUT2D eigenvalue weighted by molar-refractivity contribution is 6.30. The van der Waals surface area contributed by atoms with E-state index in [-0.39, 0.29) is 5.82 Å². The van der Waals surface area contributed by atoms with Crippen molar-refractivity contribution in [2.24, 2.45) is 5.10 Å². The SMILES string of the molecule is COc1cc(C=NNc2nc(=O)[nH]nc2C)ccc1OCc1cccc(Cl)c1. The number of ether oxygens (including phenoxy) is 2. The van der Waals surface area contributed by atoms with E-state index in [0.29, 0.717) is 28.8 Å².